The Morgan fingerprint density at radius 1 is 0.897 bits per heavy atom. The van der Waals surface area contributed by atoms with Crippen LogP contribution in [0.5, 0.6) is 0 Å². The quantitative estimate of drug-likeness (QED) is 0.815. The largest absolute Gasteiger partial charge is 0.467 e. The number of benzene rings is 2. The Morgan fingerprint density at radius 3 is 2.07 bits per heavy atom. The molecule has 29 heavy (non-hydrogen) atoms. The number of methoxy groups -OCH3 is 1. The summed E-state index contributed by atoms with van der Waals surface area (Å²) in [7, 11) is 1.35. The average molecular weight is 389 g/mol. The summed E-state index contributed by atoms with van der Waals surface area (Å²) in [6.45, 7) is 2.28. The van der Waals surface area contributed by atoms with Crippen molar-refractivity contribution in [3.8, 4) is 0 Å². The molecule has 0 saturated carbocycles. The van der Waals surface area contributed by atoms with Crippen LogP contribution in [0.3, 0.4) is 0 Å². The molecular formula is C24H23NO4. The number of fused-ring (bicyclic) bond motifs is 1. The first kappa shape index (κ1) is 19.2. The van der Waals surface area contributed by atoms with Crippen molar-refractivity contribution < 1.29 is 19.1 Å². The third kappa shape index (κ3) is 3.28. The zero-order valence-corrected chi connectivity index (χ0v) is 16.5. The van der Waals surface area contributed by atoms with Crippen molar-refractivity contribution in [2.45, 2.75) is 18.9 Å². The van der Waals surface area contributed by atoms with E-state index in [0.29, 0.717) is 19.6 Å². The molecule has 1 aliphatic heterocycles. The van der Waals surface area contributed by atoms with E-state index in [-0.39, 0.29) is 5.91 Å². The fraction of sp³-hybridized carbons (Fsp3) is 0.250. The van der Waals surface area contributed by atoms with E-state index < -0.39 is 11.5 Å². The van der Waals surface area contributed by atoms with Crippen molar-refractivity contribution in [3.05, 3.63) is 82.9 Å². The van der Waals surface area contributed by atoms with Gasteiger partial charge < -0.3 is 14.8 Å². The lowest BCUT2D eigenvalue weighted by Crippen LogP contribution is -2.57. The van der Waals surface area contributed by atoms with E-state index in [9.17, 15) is 9.59 Å². The average Bonchev–Trinajstić information content (AvgIpc) is 3.22. The number of carbonyl (C=O) groups excluding carboxylic acids is 2. The van der Waals surface area contributed by atoms with Gasteiger partial charge in [-0.05, 0) is 27.8 Å². The number of hydrogen-bond donors (Lipinski definition) is 1. The molecule has 2 aliphatic rings. The molecule has 5 heteroatoms. The molecule has 148 valence electrons. The Labute approximate surface area is 170 Å². The third-order valence-corrected chi connectivity index (χ3v) is 5.50. The smallest absolute Gasteiger partial charge is 0.336 e. The molecule has 1 amide bonds. The molecule has 0 aromatic heterocycles. The molecular weight excluding hydrogens is 366 g/mol. The van der Waals surface area contributed by atoms with Crippen LogP contribution in [-0.4, -0.2) is 37.7 Å². The Morgan fingerprint density at radius 2 is 1.48 bits per heavy atom. The number of amides is 1. The Hall–Kier alpha value is -3.18. The van der Waals surface area contributed by atoms with Gasteiger partial charge in [-0.3, -0.25) is 4.79 Å². The van der Waals surface area contributed by atoms with Crippen LogP contribution in [0.2, 0.25) is 0 Å². The van der Waals surface area contributed by atoms with Crippen molar-refractivity contribution in [1.29, 1.82) is 0 Å². The van der Waals surface area contributed by atoms with Crippen LogP contribution in [-0.2, 0) is 19.1 Å². The Balaban J connectivity index is 2.04. The second-order valence-electron chi connectivity index (χ2n) is 7.29. The molecule has 4 rings (SSSR count). The first-order valence-corrected chi connectivity index (χ1v) is 9.58. The lowest BCUT2D eigenvalue weighted by molar-refractivity contribution is -0.147. The summed E-state index contributed by atoms with van der Waals surface area (Å²) in [4.78, 5) is 25.5. The van der Waals surface area contributed by atoms with Crippen LogP contribution in [0.15, 0.2) is 71.8 Å². The number of esters is 1. The normalized spacial score (nSPS) is 21.0. The third-order valence-electron chi connectivity index (χ3n) is 5.50. The molecule has 1 N–H and O–H groups in total. The van der Waals surface area contributed by atoms with Crippen LogP contribution in [0, 0.1) is 0 Å². The topological polar surface area (TPSA) is 64.6 Å². The van der Waals surface area contributed by atoms with Gasteiger partial charge in [0, 0.05) is 18.9 Å². The van der Waals surface area contributed by atoms with Crippen molar-refractivity contribution in [3.63, 3.8) is 0 Å². The van der Waals surface area contributed by atoms with E-state index in [0.717, 1.165) is 33.4 Å². The van der Waals surface area contributed by atoms with Gasteiger partial charge in [0.15, 0.2) is 5.54 Å². The second kappa shape index (κ2) is 7.68. The van der Waals surface area contributed by atoms with E-state index in [1.807, 2.05) is 60.7 Å². The summed E-state index contributed by atoms with van der Waals surface area (Å²) < 4.78 is 11.1. The fourth-order valence-corrected chi connectivity index (χ4v) is 4.39. The number of nitrogens with one attached hydrogen (secondary N) is 1. The summed E-state index contributed by atoms with van der Waals surface area (Å²) in [6, 6.07) is 19.6. The highest BCUT2D eigenvalue weighted by Gasteiger charge is 2.50. The maximum Gasteiger partial charge on any atom is 0.336 e. The zero-order valence-electron chi connectivity index (χ0n) is 16.5. The zero-order chi connectivity index (χ0) is 20.4. The summed E-state index contributed by atoms with van der Waals surface area (Å²) in [5.41, 5.74) is 4.34. The fourth-order valence-electron chi connectivity index (χ4n) is 4.39. The molecule has 0 bridgehead atoms. The predicted molar refractivity (Wildman–Crippen MR) is 111 cm³/mol. The van der Waals surface area contributed by atoms with Crippen LogP contribution in [0.25, 0.3) is 11.1 Å². The number of carbonyl (C=O) groups is 2. The van der Waals surface area contributed by atoms with E-state index in [1.165, 1.54) is 14.0 Å². The highest BCUT2D eigenvalue weighted by molar-refractivity contribution is 6.07. The number of ether oxygens (including phenoxy) is 2. The molecule has 1 fully saturated rings. The van der Waals surface area contributed by atoms with Gasteiger partial charge in [0.1, 0.15) is 0 Å². The molecule has 2 aromatic carbocycles. The molecule has 1 heterocycles. The van der Waals surface area contributed by atoms with Crippen molar-refractivity contribution >= 4 is 23.0 Å². The van der Waals surface area contributed by atoms with Gasteiger partial charge in [-0.25, -0.2) is 4.79 Å². The Kier molecular flexibility index (Phi) is 5.07. The van der Waals surface area contributed by atoms with Gasteiger partial charge in [0.25, 0.3) is 0 Å². The van der Waals surface area contributed by atoms with Crippen molar-refractivity contribution in [1.82, 2.24) is 5.32 Å². The number of rotatable bonds is 4. The molecule has 1 aliphatic carbocycles. The van der Waals surface area contributed by atoms with Crippen LogP contribution >= 0.6 is 0 Å². The lowest BCUT2D eigenvalue weighted by Gasteiger charge is -2.39. The van der Waals surface area contributed by atoms with E-state index >= 15 is 0 Å². The molecule has 0 radical (unpaired) electrons. The number of hydrogen-bond acceptors (Lipinski definition) is 4. The summed E-state index contributed by atoms with van der Waals surface area (Å²) in [5, 5.41) is 2.95. The van der Waals surface area contributed by atoms with Gasteiger partial charge in [-0.2, -0.15) is 0 Å². The SMILES string of the molecule is COC(=O)[C@]1(NC(C)=O)CC(c2ccccc2)=C2COCC2=C1c1ccccc1. The van der Waals surface area contributed by atoms with Crippen molar-refractivity contribution in [2.24, 2.45) is 0 Å². The molecule has 5 nitrogen and oxygen atoms in total. The van der Waals surface area contributed by atoms with Crippen LogP contribution < -0.4 is 5.32 Å². The van der Waals surface area contributed by atoms with Gasteiger partial charge in [0.2, 0.25) is 5.91 Å². The first-order chi connectivity index (χ1) is 14.1. The van der Waals surface area contributed by atoms with Crippen molar-refractivity contribution in [2.75, 3.05) is 20.3 Å². The van der Waals surface area contributed by atoms with Gasteiger partial charge in [-0.15, -0.1) is 0 Å². The van der Waals surface area contributed by atoms with Gasteiger partial charge in [-0.1, -0.05) is 60.7 Å². The molecule has 2 aromatic rings. The highest BCUT2D eigenvalue weighted by Crippen LogP contribution is 2.48. The Bertz CT molecular complexity index is 1010. The van der Waals surface area contributed by atoms with E-state index in [4.69, 9.17) is 9.47 Å². The summed E-state index contributed by atoms with van der Waals surface area (Å²) >= 11 is 0. The summed E-state index contributed by atoms with van der Waals surface area (Å²) in [6.07, 6.45) is 0.301. The minimum atomic E-state index is -1.32. The van der Waals surface area contributed by atoms with E-state index in [1.54, 1.807) is 0 Å². The monoisotopic (exact) mass is 389 g/mol. The summed E-state index contributed by atoms with van der Waals surface area (Å²) in [5.74, 6) is -0.780. The highest BCUT2D eigenvalue weighted by atomic mass is 16.5. The van der Waals surface area contributed by atoms with Crippen LogP contribution in [0.4, 0.5) is 0 Å². The second-order valence-corrected chi connectivity index (χ2v) is 7.29. The predicted octanol–water partition coefficient (Wildman–Crippen LogP) is 3.38. The molecule has 0 unspecified atom stereocenters. The van der Waals surface area contributed by atoms with Crippen LogP contribution in [0.1, 0.15) is 24.5 Å². The van der Waals surface area contributed by atoms with E-state index in [2.05, 4.69) is 5.32 Å². The van der Waals surface area contributed by atoms with Gasteiger partial charge in [0.05, 0.1) is 20.3 Å². The minimum absolute atomic E-state index is 0.292. The maximum absolute atomic E-state index is 13.2. The minimum Gasteiger partial charge on any atom is -0.467 e. The first-order valence-electron chi connectivity index (χ1n) is 9.58. The molecule has 1 saturated heterocycles. The van der Waals surface area contributed by atoms with Gasteiger partial charge >= 0.3 is 5.97 Å². The lowest BCUT2D eigenvalue weighted by atomic mass is 9.70. The standard InChI is InChI=1S/C24H23NO4/c1-16(26)25-24(23(27)28-2)13-19(17-9-5-3-6-10-17)20-14-29-15-21(20)22(24)18-11-7-4-8-12-18/h3-12H,13-15H2,1-2H3,(H,25,26)/t24-/m0/s1. The molecule has 0 spiro atoms. The molecule has 1 atom stereocenters. The maximum atomic E-state index is 13.2.